The van der Waals surface area contributed by atoms with E-state index in [-0.39, 0.29) is 11.8 Å². The lowest BCUT2D eigenvalue weighted by Crippen LogP contribution is -2.50. The van der Waals surface area contributed by atoms with Gasteiger partial charge in [-0.05, 0) is 32.9 Å². The van der Waals surface area contributed by atoms with E-state index in [1.807, 2.05) is 20.8 Å². The van der Waals surface area contributed by atoms with Gasteiger partial charge < -0.3 is 14.5 Å². The molecule has 2 heterocycles. The number of hydrogen-bond donors (Lipinski definition) is 0. The van der Waals surface area contributed by atoms with Gasteiger partial charge in [-0.15, -0.1) is 0 Å². The van der Waals surface area contributed by atoms with E-state index in [0.29, 0.717) is 31.9 Å². The van der Waals surface area contributed by atoms with Crippen LogP contribution in [-0.2, 0) is 9.57 Å². The third-order valence-electron chi connectivity index (χ3n) is 3.88. The second-order valence-electron chi connectivity index (χ2n) is 6.95. The van der Waals surface area contributed by atoms with Gasteiger partial charge in [0.15, 0.2) is 0 Å². The van der Waals surface area contributed by atoms with Crippen LogP contribution in [0, 0.1) is 5.95 Å². The normalized spacial score (nSPS) is 15.0. The fraction of sp³-hybridized carbons (Fsp3) is 0.588. The standard InChI is InChI=1S/C17H25FN4O4/c1-17(2,3)26-16(24)22-10-8-21(9-11-22)13-7-6-12(19-14(13)18)15(23)20(4)25-5/h6-7H,8-11H2,1-5H3. The molecule has 0 saturated carbocycles. The summed E-state index contributed by atoms with van der Waals surface area (Å²) in [5.41, 5.74) is -0.296. The Hall–Kier alpha value is -2.42. The van der Waals surface area contributed by atoms with E-state index in [1.165, 1.54) is 26.3 Å². The van der Waals surface area contributed by atoms with E-state index in [9.17, 15) is 14.0 Å². The second-order valence-corrected chi connectivity index (χ2v) is 6.95. The number of hydrogen-bond acceptors (Lipinski definition) is 6. The molecule has 1 saturated heterocycles. The van der Waals surface area contributed by atoms with E-state index >= 15 is 0 Å². The average molecular weight is 368 g/mol. The van der Waals surface area contributed by atoms with Gasteiger partial charge in [-0.1, -0.05) is 0 Å². The number of nitrogens with zero attached hydrogens (tertiary/aromatic N) is 4. The highest BCUT2D eigenvalue weighted by atomic mass is 19.1. The molecule has 8 nitrogen and oxygen atoms in total. The highest BCUT2D eigenvalue weighted by molar-refractivity contribution is 5.91. The van der Waals surface area contributed by atoms with Gasteiger partial charge in [0.2, 0.25) is 5.95 Å². The zero-order valence-corrected chi connectivity index (χ0v) is 15.8. The number of hydroxylamine groups is 2. The number of pyridine rings is 1. The Labute approximate surface area is 152 Å². The van der Waals surface area contributed by atoms with Gasteiger partial charge in [-0.25, -0.2) is 14.8 Å². The Bertz CT molecular complexity index is 669. The van der Waals surface area contributed by atoms with Gasteiger partial charge >= 0.3 is 6.09 Å². The predicted molar refractivity (Wildman–Crippen MR) is 93.3 cm³/mol. The molecule has 0 bridgehead atoms. The van der Waals surface area contributed by atoms with Crippen molar-refractivity contribution in [3.8, 4) is 0 Å². The predicted octanol–water partition coefficient (Wildman–Crippen LogP) is 1.91. The van der Waals surface area contributed by atoms with Crippen LogP contribution in [0.1, 0.15) is 31.3 Å². The first-order chi connectivity index (χ1) is 12.1. The zero-order chi connectivity index (χ0) is 19.5. The highest BCUT2D eigenvalue weighted by Gasteiger charge is 2.27. The summed E-state index contributed by atoms with van der Waals surface area (Å²) in [6.07, 6.45) is -0.376. The maximum Gasteiger partial charge on any atom is 0.410 e. The summed E-state index contributed by atoms with van der Waals surface area (Å²) in [6, 6.07) is 2.97. The Morgan fingerprint density at radius 3 is 2.31 bits per heavy atom. The van der Waals surface area contributed by atoms with Crippen molar-refractivity contribution in [3.05, 3.63) is 23.8 Å². The van der Waals surface area contributed by atoms with Crippen LogP contribution < -0.4 is 4.90 Å². The Kier molecular flexibility index (Phi) is 6.01. The lowest BCUT2D eigenvalue weighted by Gasteiger charge is -2.36. The molecule has 2 rings (SSSR count). The van der Waals surface area contributed by atoms with Crippen LogP contribution in [0.5, 0.6) is 0 Å². The molecule has 0 atom stereocenters. The van der Waals surface area contributed by atoms with E-state index in [4.69, 9.17) is 9.57 Å². The Morgan fingerprint density at radius 2 is 1.81 bits per heavy atom. The third-order valence-corrected chi connectivity index (χ3v) is 3.88. The average Bonchev–Trinajstić information content (AvgIpc) is 2.59. The molecule has 1 aromatic rings. The van der Waals surface area contributed by atoms with Crippen LogP contribution in [0.15, 0.2) is 12.1 Å². The largest absolute Gasteiger partial charge is 0.444 e. The van der Waals surface area contributed by atoms with E-state index in [2.05, 4.69) is 4.98 Å². The van der Waals surface area contributed by atoms with E-state index in [1.54, 1.807) is 9.80 Å². The summed E-state index contributed by atoms with van der Waals surface area (Å²) in [7, 11) is 2.76. The number of carbonyl (C=O) groups excluding carboxylic acids is 2. The number of amides is 2. The van der Waals surface area contributed by atoms with Crippen molar-refractivity contribution in [1.82, 2.24) is 14.9 Å². The first-order valence-corrected chi connectivity index (χ1v) is 8.34. The number of aromatic nitrogens is 1. The van der Waals surface area contributed by atoms with Gasteiger partial charge in [0.05, 0.1) is 12.8 Å². The van der Waals surface area contributed by atoms with Crippen LogP contribution >= 0.6 is 0 Å². The van der Waals surface area contributed by atoms with Crippen molar-refractivity contribution < 1.29 is 23.6 Å². The third kappa shape index (κ3) is 4.81. The lowest BCUT2D eigenvalue weighted by molar-refractivity contribution is -0.0761. The van der Waals surface area contributed by atoms with E-state index in [0.717, 1.165) is 5.06 Å². The van der Waals surface area contributed by atoms with E-state index < -0.39 is 17.5 Å². The smallest absolute Gasteiger partial charge is 0.410 e. The molecule has 26 heavy (non-hydrogen) atoms. The molecule has 1 fully saturated rings. The van der Waals surface area contributed by atoms with Gasteiger partial charge in [0.25, 0.3) is 5.91 Å². The lowest BCUT2D eigenvalue weighted by atomic mass is 10.2. The van der Waals surface area contributed by atoms with Crippen molar-refractivity contribution >= 4 is 17.7 Å². The van der Waals surface area contributed by atoms with Crippen molar-refractivity contribution in [2.75, 3.05) is 45.2 Å². The molecule has 1 aliphatic heterocycles. The maximum absolute atomic E-state index is 14.4. The molecular formula is C17H25FN4O4. The van der Waals surface area contributed by atoms with Crippen LogP contribution in [-0.4, -0.2) is 72.9 Å². The maximum atomic E-state index is 14.4. The van der Waals surface area contributed by atoms with Gasteiger partial charge in [0.1, 0.15) is 11.3 Å². The van der Waals surface area contributed by atoms with Crippen molar-refractivity contribution in [3.63, 3.8) is 0 Å². The summed E-state index contributed by atoms with van der Waals surface area (Å²) in [5, 5.41) is 0.973. The Balaban J connectivity index is 2.01. The molecule has 1 aromatic heterocycles. The molecule has 0 unspecified atom stereocenters. The topological polar surface area (TPSA) is 75.2 Å². The van der Waals surface area contributed by atoms with Gasteiger partial charge in [-0.2, -0.15) is 4.39 Å². The number of carbonyl (C=O) groups is 2. The molecule has 0 radical (unpaired) electrons. The summed E-state index contributed by atoms with van der Waals surface area (Å²) in [6.45, 7) is 7.17. The molecule has 1 aliphatic rings. The number of ether oxygens (including phenoxy) is 1. The van der Waals surface area contributed by atoms with Crippen LogP contribution in [0.3, 0.4) is 0 Å². The summed E-state index contributed by atoms with van der Waals surface area (Å²) in [5.74, 6) is -1.27. The Morgan fingerprint density at radius 1 is 1.19 bits per heavy atom. The molecule has 0 aliphatic carbocycles. The van der Waals surface area contributed by atoms with Gasteiger partial charge in [0, 0.05) is 33.2 Å². The number of rotatable bonds is 3. The zero-order valence-electron chi connectivity index (χ0n) is 15.8. The number of anilines is 1. The minimum absolute atomic E-state index is 0.0389. The van der Waals surface area contributed by atoms with Crippen LogP contribution in [0.25, 0.3) is 0 Å². The van der Waals surface area contributed by atoms with Gasteiger partial charge in [-0.3, -0.25) is 9.63 Å². The number of halogens is 1. The fourth-order valence-corrected chi connectivity index (χ4v) is 2.48. The molecule has 0 N–H and O–H groups in total. The van der Waals surface area contributed by atoms with Crippen molar-refractivity contribution in [2.24, 2.45) is 0 Å². The highest BCUT2D eigenvalue weighted by Crippen LogP contribution is 2.21. The molecule has 9 heteroatoms. The van der Waals surface area contributed by atoms with Crippen molar-refractivity contribution in [1.29, 1.82) is 0 Å². The molecule has 2 amide bonds. The quantitative estimate of drug-likeness (QED) is 0.599. The van der Waals surface area contributed by atoms with Crippen molar-refractivity contribution in [2.45, 2.75) is 26.4 Å². The first kappa shape index (κ1) is 19.9. The molecule has 144 valence electrons. The second kappa shape index (κ2) is 7.86. The molecule has 0 aromatic carbocycles. The fourth-order valence-electron chi connectivity index (χ4n) is 2.48. The summed E-state index contributed by atoms with van der Waals surface area (Å²) in [4.78, 5) is 35.9. The monoisotopic (exact) mass is 368 g/mol. The minimum Gasteiger partial charge on any atom is -0.444 e. The SMILES string of the molecule is CON(C)C(=O)c1ccc(N2CCN(C(=O)OC(C)(C)C)CC2)c(F)n1. The molecular weight excluding hydrogens is 343 g/mol. The minimum atomic E-state index is -0.730. The molecule has 0 spiro atoms. The summed E-state index contributed by atoms with van der Waals surface area (Å²) < 4.78 is 19.7. The van der Waals surface area contributed by atoms with Crippen LogP contribution in [0.2, 0.25) is 0 Å². The van der Waals surface area contributed by atoms with Crippen LogP contribution in [0.4, 0.5) is 14.9 Å². The summed E-state index contributed by atoms with van der Waals surface area (Å²) >= 11 is 0. The first-order valence-electron chi connectivity index (χ1n) is 8.34. The number of piperazine rings is 1.